The first-order chi connectivity index (χ1) is 11.8. The molecule has 5 heteroatoms. The Bertz CT molecular complexity index is 683. The SMILES string of the molecule is Cc1ccc(C)c(F)n1.Cc1ccc(C)nc1.Cc1ccc(C)nn1. The van der Waals surface area contributed by atoms with Crippen LogP contribution >= 0.6 is 0 Å². The monoisotopic (exact) mass is 340 g/mol. The molecule has 0 bridgehead atoms. The summed E-state index contributed by atoms with van der Waals surface area (Å²) < 4.78 is 12.5. The Morgan fingerprint density at radius 2 is 1.16 bits per heavy atom. The average Bonchev–Trinajstić information content (AvgIpc) is 2.58. The molecule has 3 rings (SSSR count). The second-order valence-corrected chi connectivity index (χ2v) is 5.85. The van der Waals surface area contributed by atoms with E-state index in [9.17, 15) is 4.39 Å². The lowest BCUT2D eigenvalue weighted by molar-refractivity contribution is 0.571. The zero-order chi connectivity index (χ0) is 18.8. The topological polar surface area (TPSA) is 51.6 Å². The maximum absolute atomic E-state index is 12.5. The number of halogens is 1. The van der Waals surface area contributed by atoms with Crippen molar-refractivity contribution in [1.29, 1.82) is 0 Å². The molecule has 0 unspecified atom stereocenters. The summed E-state index contributed by atoms with van der Waals surface area (Å²) in [4.78, 5) is 7.69. The number of aryl methyl sites for hydroxylation is 6. The smallest absolute Gasteiger partial charge is 0.215 e. The standard InChI is InChI=1S/C7H8FN.C7H9N.C6H8N2/c1-5-3-4-6(2)9-7(5)8;1-6-3-4-7(2)8-5-6;1-5-3-4-6(2)8-7-5/h3-4H,1-2H3;3-5H,1-2H3;3-4H,1-2H3. The summed E-state index contributed by atoms with van der Waals surface area (Å²) in [6.45, 7) is 11.3. The van der Waals surface area contributed by atoms with E-state index in [0.717, 1.165) is 22.8 Å². The molecule has 0 aliphatic carbocycles. The van der Waals surface area contributed by atoms with Gasteiger partial charge >= 0.3 is 0 Å². The molecule has 0 saturated carbocycles. The molecule has 0 radical (unpaired) electrons. The van der Waals surface area contributed by atoms with E-state index in [0.29, 0.717) is 5.56 Å². The number of pyridine rings is 2. The van der Waals surface area contributed by atoms with Crippen molar-refractivity contribution in [3.63, 3.8) is 0 Å². The first-order valence-corrected chi connectivity index (χ1v) is 8.04. The third-order valence-electron chi connectivity index (χ3n) is 3.16. The molecule has 0 atom stereocenters. The highest BCUT2D eigenvalue weighted by atomic mass is 19.1. The van der Waals surface area contributed by atoms with Crippen LogP contribution in [-0.4, -0.2) is 20.2 Å². The van der Waals surface area contributed by atoms with Crippen LogP contribution in [0, 0.1) is 47.5 Å². The van der Waals surface area contributed by atoms with Gasteiger partial charge in [0.2, 0.25) is 5.95 Å². The van der Waals surface area contributed by atoms with Gasteiger partial charge in [0.05, 0.1) is 11.4 Å². The molecule has 0 amide bonds. The Morgan fingerprint density at radius 3 is 1.52 bits per heavy atom. The molecule has 3 aromatic rings. The Hall–Kier alpha value is -2.69. The number of aromatic nitrogens is 4. The average molecular weight is 340 g/mol. The zero-order valence-corrected chi connectivity index (χ0v) is 15.7. The molecule has 4 nitrogen and oxygen atoms in total. The van der Waals surface area contributed by atoms with Gasteiger partial charge in [-0.2, -0.15) is 14.6 Å². The minimum Gasteiger partial charge on any atom is -0.261 e. The molecule has 3 aromatic heterocycles. The Morgan fingerprint density at radius 1 is 0.640 bits per heavy atom. The van der Waals surface area contributed by atoms with Crippen LogP contribution in [0.25, 0.3) is 0 Å². The van der Waals surface area contributed by atoms with Crippen LogP contribution in [0.2, 0.25) is 0 Å². The van der Waals surface area contributed by atoms with E-state index >= 15 is 0 Å². The van der Waals surface area contributed by atoms with E-state index < -0.39 is 0 Å². The van der Waals surface area contributed by atoms with E-state index in [2.05, 4.69) is 26.2 Å². The number of hydrogen-bond donors (Lipinski definition) is 0. The van der Waals surface area contributed by atoms with Gasteiger partial charge in [0.25, 0.3) is 0 Å². The lowest BCUT2D eigenvalue weighted by atomic mass is 10.3. The van der Waals surface area contributed by atoms with E-state index in [1.165, 1.54) is 5.56 Å². The van der Waals surface area contributed by atoms with Crippen LogP contribution in [0.1, 0.15) is 33.9 Å². The summed E-state index contributed by atoms with van der Waals surface area (Å²) in [5.74, 6) is -0.366. The van der Waals surface area contributed by atoms with Gasteiger partial charge in [0.15, 0.2) is 0 Å². The van der Waals surface area contributed by atoms with Crippen LogP contribution < -0.4 is 0 Å². The van der Waals surface area contributed by atoms with Crippen molar-refractivity contribution in [2.75, 3.05) is 0 Å². The molecular weight excluding hydrogens is 315 g/mol. The van der Waals surface area contributed by atoms with Gasteiger partial charge in [0, 0.05) is 23.1 Å². The lowest BCUT2D eigenvalue weighted by Crippen LogP contribution is -1.88. The van der Waals surface area contributed by atoms with Crippen LogP contribution in [0.15, 0.2) is 42.6 Å². The quantitative estimate of drug-likeness (QED) is 0.560. The summed E-state index contributed by atoms with van der Waals surface area (Å²) in [6, 6.07) is 11.5. The Kier molecular flexibility index (Phi) is 8.33. The molecule has 0 fully saturated rings. The first kappa shape index (κ1) is 20.4. The molecule has 0 aliphatic rings. The zero-order valence-electron chi connectivity index (χ0n) is 15.7. The number of nitrogens with zero attached hydrogens (tertiary/aromatic N) is 4. The Labute approximate surface area is 149 Å². The summed E-state index contributed by atoms with van der Waals surface area (Å²) in [5, 5.41) is 7.66. The minimum atomic E-state index is -0.366. The van der Waals surface area contributed by atoms with Crippen LogP contribution in [0.3, 0.4) is 0 Å². The molecule has 3 heterocycles. The molecule has 0 N–H and O–H groups in total. The van der Waals surface area contributed by atoms with E-state index in [4.69, 9.17) is 0 Å². The summed E-state index contributed by atoms with van der Waals surface area (Å²) in [6.07, 6.45) is 1.87. The highest BCUT2D eigenvalue weighted by molar-refractivity contribution is 5.12. The van der Waals surface area contributed by atoms with Crippen molar-refractivity contribution >= 4 is 0 Å². The Balaban J connectivity index is 0.000000188. The minimum absolute atomic E-state index is 0.366. The van der Waals surface area contributed by atoms with Crippen LogP contribution in [-0.2, 0) is 0 Å². The molecule has 0 aromatic carbocycles. The maximum atomic E-state index is 12.5. The van der Waals surface area contributed by atoms with E-state index in [1.54, 1.807) is 26.0 Å². The van der Waals surface area contributed by atoms with Gasteiger partial charge in [-0.15, -0.1) is 0 Å². The molecule has 0 aliphatic heterocycles. The van der Waals surface area contributed by atoms with Gasteiger partial charge in [0.1, 0.15) is 0 Å². The molecule has 0 saturated heterocycles. The van der Waals surface area contributed by atoms with Gasteiger partial charge in [-0.1, -0.05) is 12.1 Å². The van der Waals surface area contributed by atoms with Crippen molar-refractivity contribution in [2.45, 2.75) is 41.5 Å². The predicted molar refractivity (Wildman–Crippen MR) is 98.9 cm³/mol. The van der Waals surface area contributed by atoms with Crippen molar-refractivity contribution in [1.82, 2.24) is 20.2 Å². The summed E-state index contributed by atoms with van der Waals surface area (Å²) in [7, 11) is 0. The van der Waals surface area contributed by atoms with E-state index in [-0.39, 0.29) is 5.95 Å². The van der Waals surface area contributed by atoms with E-state index in [1.807, 2.05) is 52.1 Å². The predicted octanol–water partition coefficient (Wildman–Crippen LogP) is 4.63. The normalized spacial score (nSPS) is 9.40. The van der Waals surface area contributed by atoms with Crippen molar-refractivity contribution in [3.8, 4) is 0 Å². The molecule has 0 spiro atoms. The number of hydrogen-bond acceptors (Lipinski definition) is 4. The van der Waals surface area contributed by atoms with Crippen molar-refractivity contribution in [2.24, 2.45) is 0 Å². The fourth-order valence-electron chi connectivity index (χ4n) is 1.60. The van der Waals surface area contributed by atoms with Gasteiger partial charge in [-0.3, -0.25) is 4.98 Å². The fraction of sp³-hybridized carbons (Fsp3) is 0.300. The summed E-state index contributed by atoms with van der Waals surface area (Å²) in [5.41, 5.74) is 5.55. The van der Waals surface area contributed by atoms with Crippen LogP contribution in [0.4, 0.5) is 4.39 Å². The molecule has 25 heavy (non-hydrogen) atoms. The van der Waals surface area contributed by atoms with Crippen LogP contribution in [0.5, 0.6) is 0 Å². The highest BCUT2D eigenvalue weighted by Gasteiger charge is 1.95. The maximum Gasteiger partial charge on any atom is 0.215 e. The third-order valence-corrected chi connectivity index (χ3v) is 3.16. The van der Waals surface area contributed by atoms with Gasteiger partial charge in [-0.05, 0) is 71.4 Å². The highest BCUT2D eigenvalue weighted by Crippen LogP contribution is 2.02. The first-order valence-electron chi connectivity index (χ1n) is 8.04. The largest absolute Gasteiger partial charge is 0.261 e. The molecular formula is C20H25FN4. The second kappa shape index (κ2) is 10.2. The second-order valence-electron chi connectivity index (χ2n) is 5.85. The van der Waals surface area contributed by atoms with Crippen molar-refractivity contribution < 1.29 is 4.39 Å². The van der Waals surface area contributed by atoms with Gasteiger partial charge in [-0.25, -0.2) is 4.98 Å². The molecule has 132 valence electrons. The third kappa shape index (κ3) is 8.65. The fourth-order valence-corrected chi connectivity index (χ4v) is 1.60. The van der Waals surface area contributed by atoms with Crippen molar-refractivity contribution in [3.05, 3.63) is 82.4 Å². The summed E-state index contributed by atoms with van der Waals surface area (Å²) >= 11 is 0. The lowest BCUT2D eigenvalue weighted by Gasteiger charge is -1.93. The number of rotatable bonds is 0. The van der Waals surface area contributed by atoms with Gasteiger partial charge < -0.3 is 0 Å².